The zero-order chi connectivity index (χ0) is 20.8. The molecule has 0 spiro atoms. The minimum Gasteiger partial charge on any atom is -0.508 e. The first-order valence-electron chi connectivity index (χ1n) is 9.41. The molecule has 0 saturated carbocycles. The van der Waals surface area contributed by atoms with Crippen LogP contribution in [0.15, 0.2) is 54.6 Å². The highest BCUT2D eigenvalue weighted by Gasteiger charge is 2.66. The van der Waals surface area contributed by atoms with Crippen molar-refractivity contribution in [2.45, 2.75) is 25.0 Å². The number of phenolic OH excluding ortho intramolecular Hbond substituents is 1. The van der Waals surface area contributed by atoms with Crippen LogP contribution in [0.4, 0.5) is 0 Å². The summed E-state index contributed by atoms with van der Waals surface area (Å²) in [5, 5.41) is 12.8. The molecule has 4 atom stereocenters. The van der Waals surface area contributed by atoms with Gasteiger partial charge in [0.2, 0.25) is 11.8 Å². The number of likely N-dealkylation sites (tertiary alicyclic amines) is 1. The number of carbonyl (C=O) groups excluding carboxylic acids is 3. The van der Waals surface area contributed by atoms with Gasteiger partial charge in [0.15, 0.2) is 0 Å². The third-order valence-corrected chi connectivity index (χ3v) is 5.92. The Hall–Kier alpha value is -3.19. The Morgan fingerprint density at radius 3 is 2.38 bits per heavy atom. The second-order valence-corrected chi connectivity index (χ2v) is 7.66. The molecule has 2 saturated heterocycles. The molecule has 0 unspecified atom stereocenters. The number of hydrogen-bond acceptors (Lipinski definition) is 6. The number of rotatable bonds is 4. The number of methoxy groups -OCH3 is 1. The smallest absolute Gasteiger partial charge is 0.326 e. The zero-order valence-electron chi connectivity index (χ0n) is 16.2. The summed E-state index contributed by atoms with van der Waals surface area (Å²) in [5.74, 6) is -2.80. The number of nitrogens with zero attached hydrogens (tertiary/aromatic N) is 1. The van der Waals surface area contributed by atoms with Crippen LogP contribution in [0.2, 0.25) is 0 Å². The molecule has 2 N–H and O–H groups in total. The fourth-order valence-electron chi connectivity index (χ4n) is 4.49. The van der Waals surface area contributed by atoms with Gasteiger partial charge in [0.25, 0.3) is 0 Å². The van der Waals surface area contributed by atoms with Crippen molar-refractivity contribution in [2.24, 2.45) is 11.8 Å². The average molecular weight is 394 g/mol. The summed E-state index contributed by atoms with van der Waals surface area (Å²) in [6.45, 7) is 1.76. The van der Waals surface area contributed by atoms with Crippen LogP contribution in [0, 0.1) is 11.8 Å². The van der Waals surface area contributed by atoms with Crippen LogP contribution in [0.25, 0.3) is 0 Å². The highest BCUT2D eigenvalue weighted by molar-refractivity contribution is 6.09. The predicted molar refractivity (Wildman–Crippen MR) is 103 cm³/mol. The van der Waals surface area contributed by atoms with Crippen molar-refractivity contribution < 1.29 is 24.2 Å². The van der Waals surface area contributed by atoms with Crippen molar-refractivity contribution in [3.05, 3.63) is 65.7 Å². The van der Waals surface area contributed by atoms with Crippen molar-refractivity contribution in [1.29, 1.82) is 0 Å². The van der Waals surface area contributed by atoms with Crippen molar-refractivity contribution in [1.82, 2.24) is 10.2 Å². The van der Waals surface area contributed by atoms with E-state index in [-0.39, 0.29) is 24.1 Å². The summed E-state index contributed by atoms with van der Waals surface area (Å²) in [6, 6.07) is 15.1. The van der Waals surface area contributed by atoms with Gasteiger partial charge in [-0.25, -0.2) is 0 Å². The molecule has 150 valence electrons. The minimum absolute atomic E-state index is 0.0959. The first-order valence-corrected chi connectivity index (χ1v) is 9.41. The van der Waals surface area contributed by atoms with E-state index in [1.807, 2.05) is 30.3 Å². The Balaban J connectivity index is 1.74. The van der Waals surface area contributed by atoms with E-state index in [4.69, 9.17) is 4.74 Å². The van der Waals surface area contributed by atoms with Gasteiger partial charge in [0.1, 0.15) is 11.3 Å². The normalized spacial score (nSPS) is 28.5. The van der Waals surface area contributed by atoms with Gasteiger partial charge in [-0.15, -0.1) is 0 Å². The first-order chi connectivity index (χ1) is 13.9. The van der Waals surface area contributed by atoms with E-state index in [0.717, 1.165) is 5.56 Å². The van der Waals surface area contributed by atoms with E-state index < -0.39 is 29.4 Å². The number of aromatic hydroxyl groups is 1. The number of amides is 2. The maximum atomic E-state index is 13.3. The highest BCUT2D eigenvalue weighted by Crippen LogP contribution is 2.49. The van der Waals surface area contributed by atoms with Crippen LogP contribution in [0.3, 0.4) is 0 Å². The maximum Gasteiger partial charge on any atom is 0.326 e. The second-order valence-electron chi connectivity index (χ2n) is 7.66. The van der Waals surface area contributed by atoms with Crippen molar-refractivity contribution in [2.75, 3.05) is 7.11 Å². The third-order valence-electron chi connectivity index (χ3n) is 5.92. The summed E-state index contributed by atoms with van der Waals surface area (Å²) in [6.07, 6.45) is 0. The number of carbonyl (C=O) groups is 3. The first kappa shape index (κ1) is 19.1. The standard InChI is InChI=1S/C22H22N2O5/c1-22(21(28)29-2)17-16(18(23-22)14-8-10-15(25)11-9-14)19(26)24(20(17)27)12-13-6-4-3-5-7-13/h3-11,16-18,23,25H,12H2,1-2H3/t16-,17-,18-,22-/m0/s1. The number of phenols is 1. The number of nitrogens with one attached hydrogen (secondary N) is 1. The molecule has 4 rings (SSSR count). The Morgan fingerprint density at radius 2 is 1.76 bits per heavy atom. The molecular formula is C22H22N2O5. The fourth-order valence-corrected chi connectivity index (χ4v) is 4.49. The van der Waals surface area contributed by atoms with Crippen LogP contribution in [0.5, 0.6) is 5.75 Å². The maximum absolute atomic E-state index is 13.3. The molecule has 2 aromatic carbocycles. The lowest BCUT2D eigenvalue weighted by Gasteiger charge is -2.28. The van der Waals surface area contributed by atoms with Gasteiger partial charge in [0.05, 0.1) is 25.5 Å². The number of ether oxygens (including phenoxy) is 1. The summed E-state index contributed by atoms with van der Waals surface area (Å²) < 4.78 is 4.96. The van der Waals surface area contributed by atoms with E-state index in [9.17, 15) is 19.5 Å². The van der Waals surface area contributed by atoms with Crippen LogP contribution >= 0.6 is 0 Å². The monoisotopic (exact) mass is 394 g/mol. The molecular weight excluding hydrogens is 372 g/mol. The summed E-state index contributed by atoms with van der Waals surface area (Å²) in [4.78, 5) is 40.5. The average Bonchev–Trinajstić information content (AvgIpc) is 3.18. The zero-order valence-corrected chi connectivity index (χ0v) is 16.2. The number of hydrogen-bond donors (Lipinski definition) is 2. The predicted octanol–water partition coefficient (Wildman–Crippen LogP) is 1.77. The Morgan fingerprint density at radius 1 is 1.10 bits per heavy atom. The third kappa shape index (κ3) is 2.98. The molecule has 29 heavy (non-hydrogen) atoms. The number of benzene rings is 2. The molecule has 7 heteroatoms. The van der Waals surface area contributed by atoms with Crippen LogP contribution in [-0.4, -0.2) is 40.4 Å². The summed E-state index contributed by atoms with van der Waals surface area (Å²) in [7, 11) is 1.27. The molecule has 2 aliphatic rings. The molecule has 2 fully saturated rings. The minimum atomic E-state index is -1.33. The lowest BCUT2D eigenvalue weighted by atomic mass is 9.80. The van der Waals surface area contributed by atoms with E-state index in [2.05, 4.69) is 5.32 Å². The topological polar surface area (TPSA) is 95.9 Å². The van der Waals surface area contributed by atoms with E-state index in [0.29, 0.717) is 5.56 Å². The quantitative estimate of drug-likeness (QED) is 0.606. The van der Waals surface area contributed by atoms with Crippen molar-refractivity contribution in [3.8, 4) is 5.75 Å². The van der Waals surface area contributed by atoms with Gasteiger partial charge < -0.3 is 9.84 Å². The van der Waals surface area contributed by atoms with E-state index in [1.165, 1.54) is 24.1 Å². The molecule has 2 aromatic rings. The number of esters is 1. The van der Waals surface area contributed by atoms with Crippen LogP contribution < -0.4 is 5.32 Å². The van der Waals surface area contributed by atoms with Crippen LogP contribution in [-0.2, 0) is 25.7 Å². The highest BCUT2D eigenvalue weighted by atomic mass is 16.5. The van der Waals surface area contributed by atoms with Crippen molar-refractivity contribution in [3.63, 3.8) is 0 Å². The largest absolute Gasteiger partial charge is 0.508 e. The molecule has 2 aliphatic heterocycles. The van der Waals surface area contributed by atoms with Gasteiger partial charge in [-0.3, -0.25) is 24.6 Å². The fraction of sp³-hybridized carbons (Fsp3) is 0.318. The molecule has 0 bridgehead atoms. The SMILES string of the molecule is COC(=O)[C@@]1(C)N[C@@H](c2ccc(O)cc2)[C@H]2C(=O)N(Cc3ccccc3)C(=O)[C@H]21. The Kier molecular flexibility index (Phi) is 4.62. The second kappa shape index (κ2) is 7.00. The number of fused-ring (bicyclic) bond motifs is 1. The molecule has 0 radical (unpaired) electrons. The van der Waals surface area contributed by atoms with Crippen LogP contribution in [0.1, 0.15) is 24.1 Å². The van der Waals surface area contributed by atoms with Crippen molar-refractivity contribution >= 4 is 17.8 Å². The van der Waals surface area contributed by atoms with Gasteiger partial charge in [0, 0.05) is 6.04 Å². The Bertz CT molecular complexity index is 959. The molecule has 2 heterocycles. The van der Waals surface area contributed by atoms with Gasteiger partial charge in [-0.1, -0.05) is 42.5 Å². The summed E-state index contributed by atoms with van der Waals surface area (Å²) in [5.41, 5.74) is 0.219. The van der Waals surface area contributed by atoms with E-state index in [1.54, 1.807) is 19.1 Å². The molecule has 7 nitrogen and oxygen atoms in total. The summed E-state index contributed by atoms with van der Waals surface area (Å²) >= 11 is 0. The van der Waals surface area contributed by atoms with Gasteiger partial charge in [-0.05, 0) is 30.2 Å². The van der Waals surface area contributed by atoms with E-state index >= 15 is 0 Å². The molecule has 0 aliphatic carbocycles. The lowest BCUT2D eigenvalue weighted by molar-refractivity contribution is -0.153. The van der Waals surface area contributed by atoms with Gasteiger partial charge >= 0.3 is 5.97 Å². The lowest BCUT2D eigenvalue weighted by Crippen LogP contribution is -2.53. The number of imide groups is 1. The molecule has 2 amide bonds. The molecule has 0 aromatic heterocycles. The van der Waals surface area contributed by atoms with Gasteiger partial charge in [-0.2, -0.15) is 0 Å². The Labute approximate surface area is 168 Å².